The first-order valence-corrected chi connectivity index (χ1v) is 10.8. The fraction of sp³-hybridized carbons (Fsp3) is 0.125. The van der Waals surface area contributed by atoms with Gasteiger partial charge in [0.1, 0.15) is 0 Å². The summed E-state index contributed by atoms with van der Waals surface area (Å²) in [6.07, 6.45) is -0.103. The molecule has 158 valence electrons. The summed E-state index contributed by atoms with van der Waals surface area (Å²) in [7, 11) is 0. The third-order valence-corrected chi connectivity index (χ3v) is 5.55. The highest BCUT2D eigenvalue weighted by Crippen LogP contribution is 2.33. The van der Waals surface area contributed by atoms with Gasteiger partial charge in [0, 0.05) is 26.8 Å². The molecule has 31 heavy (non-hydrogen) atoms. The Labute approximate surface area is 189 Å². The zero-order valence-corrected chi connectivity index (χ0v) is 18.1. The summed E-state index contributed by atoms with van der Waals surface area (Å²) in [5.74, 6) is -1.24. The Morgan fingerprint density at radius 3 is 2.26 bits per heavy atom. The molecule has 0 spiro atoms. The monoisotopic (exact) mass is 453 g/mol. The molecule has 0 fully saturated rings. The van der Waals surface area contributed by atoms with Gasteiger partial charge in [0.25, 0.3) is 5.91 Å². The van der Waals surface area contributed by atoms with Crippen molar-refractivity contribution in [3.05, 3.63) is 89.4 Å². The number of carbonyl (C=O) groups is 3. The number of ether oxygens (including phenoxy) is 1. The van der Waals surface area contributed by atoms with E-state index in [9.17, 15) is 14.4 Å². The van der Waals surface area contributed by atoms with Crippen molar-refractivity contribution in [1.29, 1.82) is 0 Å². The van der Waals surface area contributed by atoms with Gasteiger partial charge in [-0.15, -0.1) is 0 Å². The molecular formula is C24H20ClNO4S. The Morgan fingerprint density at radius 2 is 1.52 bits per heavy atom. The predicted molar refractivity (Wildman–Crippen MR) is 122 cm³/mol. The highest BCUT2D eigenvalue weighted by Gasteiger charge is 2.13. The Morgan fingerprint density at radius 1 is 0.839 bits per heavy atom. The van der Waals surface area contributed by atoms with E-state index in [1.807, 2.05) is 48.5 Å². The first-order valence-electron chi connectivity index (χ1n) is 9.57. The first-order chi connectivity index (χ1) is 15.0. The summed E-state index contributed by atoms with van der Waals surface area (Å²) in [4.78, 5) is 38.2. The van der Waals surface area contributed by atoms with Gasteiger partial charge >= 0.3 is 5.97 Å². The lowest BCUT2D eigenvalue weighted by atomic mass is 10.1. The molecule has 0 unspecified atom stereocenters. The van der Waals surface area contributed by atoms with Crippen LogP contribution < -0.4 is 5.32 Å². The third kappa shape index (κ3) is 7.27. The van der Waals surface area contributed by atoms with Gasteiger partial charge in [-0.25, -0.2) is 0 Å². The van der Waals surface area contributed by atoms with E-state index >= 15 is 0 Å². The van der Waals surface area contributed by atoms with Crippen molar-refractivity contribution in [2.75, 3.05) is 11.9 Å². The second-order valence-electron chi connectivity index (χ2n) is 6.55. The molecular weight excluding hydrogens is 434 g/mol. The minimum absolute atomic E-state index is 0.00136. The average Bonchev–Trinajstić information content (AvgIpc) is 2.78. The second kappa shape index (κ2) is 11.3. The fourth-order valence-corrected chi connectivity index (χ4v) is 3.72. The number of halogens is 1. The van der Waals surface area contributed by atoms with Gasteiger partial charge in [-0.1, -0.05) is 53.7 Å². The number of esters is 1. The Kier molecular flexibility index (Phi) is 8.27. The number of hydrogen-bond acceptors (Lipinski definition) is 5. The number of benzene rings is 3. The van der Waals surface area contributed by atoms with Crippen molar-refractivity contribution in [2.45, 2.75) is 22.6 Å². The highest BCUT2D eigenvalue weighted by molar-refractivity contribution is 7.99. The molecule has 1 N–H and O–H groups in total. The molecule has 0 atom stereocenters. The molecule has 0 saturated heterocycles. The predicted octanol–water partition coefficient (Wildman–Crippen LogP) is 5.64. The molecule has 3 aromatic carbocycles. The Balaban J connectivity index is 1.46. The van der Waals surface area contributed by atoms with E-state index in [1.54, 1.807) is 30.3 Å². The highest BCUT2D eigenvalue weighted by atomic mass is 35.5. The van der Waals surface area contributed by atoms with E-state index in [-0.39, 0.29) is 18.6 Å². The second-order valence-corrected chi connectivity index (χ2v) is 8.10. The van der Waals surface area contributed by atoms with E-state index in [4.69, 9.17) is 16.3 Å². The van der Waals surface area contributed by atoms with Crippen LogP contribution in [0.2, 0.25) is 5.02 Å². The van der Waals surface area contributed by atoms with Gasteiger partial charge in [-0.05, 0) is 48.5 Å². The number of amides is 1. The number of anilines is 1. The van der Waals surface area contributed by atoms with E-state index in [0.717, 1.165) is 9.79 Å². The number of ketones is 1. The molecule has 0 radical (unpaired) electrons. The summed E-state index contributed by atoms with van der Waals surface area (Å²) < 4.78 is 5.01. The van der Waals surface area contributed by atoms with Crippen LogP contribution in [0, 0.1) is 0 Å². The zero-order chi connectivity index (χ0) is 22.1. The summed E-state index contributed by atoms with van der Waals surface area (Å²) in [5, 5.41) is 3.30. The average molecular weight is 454 g/mol. The zero-order valence-electron chi connectivity index (χ0n) is 16.5. The van der Waals surface area contributed by atoms with Crippen molar-refractivity contribution >= 4 is 46.7 Å². The van der Waals surface area contributed by atoms with Crippen LogP contribution in [0.4, 0.5) is 5.69 Å². The van der Waals surface area contributed by atoms with Gasteiger partial charge in [0.05, 0.1) is 12.1 Å². The molecule has 0 aliphatic heterocycles. The number of nitrogens with one attached hydrogen (secondary N) is 1. The van der Waals surface area contributed by atoms with Crippen LogP contribution >= 0.6 is 23.4 Å². The molecule has 0 heterocycles. The topological polar surface area (TPSA) is 72.5 Å². The SMILES string of the molecule is O=C(COC(=O)CCC(=O)c1ccc(Cl)cc1)Nc1ccccc1Sc1ccccc1. The number of carbonyl (C=O) groups excluding carboxylic acids is 3. The van der Waals surface area contributed by atoms with E-state index < -0.39 is 18.5 Å². The van der Waals surface area contributed by atoms with Crippen molar-refractivity contribution < 1.29 is 19.1 Å². The van der Waals surface area contributed by atoms with Crippen molar-refractivity contribution in [3.63, 3.8) is 0 Å². The first kappa shape index (κ1) is 22.6. The maximum absolute atomic E-state index is 12.2. The number of para-hydroxylation sites is 1. The van der Waals surface area contributed by atoms with Crippen LogP contribution in [0.25, 0.3) is 0 Å². The Bertz CT molecular complexity index is 1050. The van der Waals surface area contributed by atoms with E-state index in [0.29, 0.717) is 16.3 Å². The maximum atomic E-state index is 12.2. The summed E-state index contributed by atoms with van der Waals surface area (Å²) in [6, 6.07) is 23.6. The molecule has 0 aromatic heterocycles. The lowest BCUT2D eigenvalue weighted by molar-refractivity contribution is -0.147. The van der Waals surface area contributed by atoms with Crippen LogP contribution in [0.1, 0.15) is 23.2 Å². The summed E-state index contributed by atoms with van der Waals surface area (Å²) >= 11 is 7.32. The van der Waals surface area contributed by atoms with Gasteiger partial charge < -0.3 is 10.1 Å². The lowest BCUT2D eigenvalue weighted by Crippen LogP contribution is -2.21. The third-order valence-electron chi connectivity index (χ3n) is 4.22. The molecule has 0 bridgehead atoms. The molecule has 0 saturated carbocycles. The van der Waals surface area contributed by atoms with Crippen LogP contribution in [0.3, 0.4) is 0 Å². The number of Topliss-reactive ketones (excluding diaryl/α,β-unsaturated/α-hetero) is 1. The number of rotatable bonds is 9. The van der Waals surface area contributed by atoms with Crippen LogP contribution in [-0.4, -0.2) is 24.3 Å². The number of hydrogen-bond donors (Lipinski definition) is 1. The normalized spacial score (nSPS) is 10.4. The van der Waals surface area contributed by atoms with Gasteiger partial charge in [-0.2, -0.15) is 0 Å². The van der Waals surface area contributed by atoms with Gasteiger partial charge in [-0.3, -0.25) is 14.4 Å². The van der Waals surface area contributed by atoms with Crippen LogP contribution in [-0.2, 0) is 14.3 Å². The summed E-state index contributed by atoms with van der Waals surface area (Å²) in [6.45, 7) is -0.418. The Hall–Kier alpha value is -3.09. The smallest absolute Gasteiger partial charge is 0.306 e. The van der Waals surface area contributed by atoms with E-state index in [2.05, 4.69) is 5.32 Å². The van der Waals surface area contributed by atoms with Crippen molar-refractivity contribution in [3.8, 4) is 0 Å². The lowest BCUT2D eigenvalue weighted by Gasteiger charge is -2.11. The molecule has 3 rings (SSSR count). The minimum Gasteiger partial charge on any atom is -0.456 e. The summed E-state index contributed by atoms with van der Waals surface area (Å²) in [5.41, 5.74) is 1.11. The van der Waals surface area contributed by atoms with E-state index in [1.165, 1.54) is 11.8 Å². The van der Waals surface area contributed by atoms with Crippen molar-refractivity contribution in [2.24, 2.45) is 0 Å². The largest absolute Gasteiger partial charge is 0.456 e. The molecule has 5 nitrogen and oxygen atoms in total. The maximum Gasteiger partial charge on any atom is 0.306 e. The van der Waals surface area contributed by atoms with Crippen LogP contribution in [0.15, 0.2) is 88.7 Å². The van der Waals surface area contributed by atoms with Crippen molar-refractivity contribution in [1.82, 2.24) is 0 Å². The molecule has 1 amide bonds. The molecule has 0 aliphatic rings. The van der Waals surface area contributed by atoms with Crippen LogP contribution in [0.5, 0.6) is 0 Å². The molecule has 0 aliphatic carbocycles. The van der Waals surface area contributed by atoms with Gasteiger partial charge in [0.15, 0.2) is 12.4 Å². The quantitative estimate of drug-likeness (QED) is 0.335. The standard InChI is InChI=1S/C24H20ClNO4S/c25-18-12-10-17(11-13-18)21(27)14-15-24(29)30-16-23(28)26-20-8-4-5-9-22(20)31-19-6-2-1-3-7-19/h1-13H,14-16H2,(H,26,28). The molecule has 3 aromatic rings. The molecule has 7 heteroatoms. The van der Waals surface area contributed by atoms with Gasteiger partial charge in [0.2, 0.25) is 0 Å². The minimum atomic E-state index is -0.607. The fourth-order valence-electron chi connectivity index (χ4n) is 2.67.